The molecule has 1 aromatic rings. The lowest BCUT2D eigenvalue weighted by molar-refractivity contribution is 0.265. The predicted molar refractivity (Wildman–Crippen MR) is 112 cm³/mol. The van der Waals surface area contributed by atoms with Crippen molar-refractivity contribution in [2.24, 2.45) is 10.9 Å². The van der Waals surface area contributed by atoms with Crippen molar-refractivity contribution in [2.45, 2.75) is 45.8 Å². The average Bonchev–Trinajstić information content (AvgIpc) is 2.97. The molecule has 2 rings (SSSR count). The van der Waals surface area contributed by atoms with E-state index in [0.717, 1.165) is 32.1 Å². The first-order valence-corrected chi connectivity index (χ1v) is 9.92. The molecule has 26 heavy (non-hydrogen) atoms. The first-order chi connectivity index (χ1) is 12.4. The number of nitrogens with one attached hydrogen (secondary N) is 2. The van der Waals surface area contributed by atoms with Gasteiger partial charge in [0.15, 0.2) is 5.96 Å². The minimum Gasteiger partial charge on any atom is -0.357 e. The number of aliphatic imine (C=N–C) groups is 1. The van der Waals surface area contributed by atoms with E-state index in [1.807, 2.05) is 0 Å². The van der Waals surface area contributed by atoms with Crippen LogP contribution in [0.3, 0.4) is 0 Å². The molecule has 0 spiro atoms. The van der Waals surface area contributed by atoms with Gasteiger partial charge in [-0.2, -0.15) is 0 Å². The van der Waals surface area contributed by atoms with Gasteiger partial charge in [-0.25, -0.2) is 0 Å². The Morgan fingerprint density at radius 1 is 1.23 bits per heavy atom. The Bertz CT molecular complexity index is 555. The fourth-order valence-corrected chi connectivity index (χ4v) is 3.53. The Morgan fingerprint density at radius 3 is 2.46 bits per heavy atom. The van der Waals surface area contributed by atoms with E-state index in [9.17, 15) is 0 Å². The van der Waals surface area contributed by atoms with Gasteiger partial charge in [0, 0.05) is 31.7 Å². The minimum absolute atomic E-state index is 0.278. The van der Waals surface area contributed by atoms with Crippen molar-refractivity contribution in [2.75, 3.05) is 40.3 Å². The van der Waals surface area contributed by atoms with Gasteiger partial charge >= 0.3 is 0 Å². The zero-order valence-corrected chi connectivity index (χ0v) is 17.4. The largest absolute Gasteiger partial charge is 0.357 e. The molecule has 0 bridgehead atoms. The molecule has 1 aliphatic heterocycles. The maximum absolute atomic E-state index is 4.91. The minimum atomic E-state index is 0.278. The van der Waals surface area contributed by atoms with E-state index >= 15 is 0 Å². The highest BCUT2D eigenvalue weighted by Gasteiger charge is 2.31. The van der Waals surface area contributed by atoms with Crippen LogP contribution in [0.1, 0.15) is 39.3 Å². The van der Waals surface area contributed by atoms with Crippen LogP contribution in [0.25, 0.3) is 0 Å². The number of hydrogen-bond acceptors (Lipinski definition) is 3. The molecule has 1 aromatic carbocycles. The number of hydrogen-bond donors (Lipinski definition) is 2. The summed E-state index contributed by atoms with van der Waals surface area (Å²) >= 11 is 0. The van der Waals surface area contributed by atoms with E-state index in [0.29, 0.717) is 18.0 Å². The van der Waals surface area contributed by atoms with E-state index in [1.165, 1.54) is 5.56 Å². The molecule has 1 heterocycles. The third-order valence-electron chi connectivity index (χ3n) is 5.27. The smallest absolute Gasteiger partial charge is 0.191 e. The lowest BCUT2D eigenvalue weighted by atomic mass is 10.1. The van der Waals surface area contributed by atoms with Crippen molar-refractivity contribution in [3.05, 3.63) is 35.9 Å². The summed E-state index contributed by atoms with van der Waals surface area (Å²) in [7, 11) is 4.24. The molecule has 0 aliphatic carbocycles. The summed E-state index contributed by atoms with van der Waals surface area (Å²) in [6.07, 6.45) is 0. The van der Waals surface area contributed by atoms with E-state index in [4.69, 9.17) is 4.99 Å². The molecule has 3 unspecified atom stereocenters. The van der Waals surface area contributed by atoms with Crippen LogP contribution in [0.4, 0.5) is 0 Å². The van der Waals surface area contributed by atoms with Crippen molar-refractivity contribution in [3.8, 4) is 0 Å². The standard InChI is InChI=1S/C21H37N5/c1-7-22-21(24-19-15-26(16(2)3)14-17(19)4)23-13-20(25(5)6)18-11-9-8-10-12-18/h8-12,16-17,19-20H,7,13-15H2,1-6H3,(H2,22,23,24). The topological polar surface area (TPSA) is 42.9 Å². The SMILES string of the molecule is CCNC(=NCC(c1ccccc1)N(C)C)NC1CN(C(C)C)CC1C. The molecule has 0 amide bonds. The van der Waals surface area contributed by atoms with Gasteiger partial charge in [-0.1, -0.05) is 37.3 Å². The summed E-state index contributed by atoms with van der Waals surface area (Å²) < 4.78 is 0. The van der Waals surface area contributed by atoms with Crippen LogP contribution in [0, 0.1) is 5.92 Å². The van der Waals surface area contributed by atoms with Gasteiger partial charge in [-0.3, -0.25) is 9.89 Å². The van der Waals surface area contributed by atoms with Crippen LogP contribution >= 0.6 is 0 Å². The third kappa shape index (κ3) is 5.71. The van der Waals surface area contributed by atoms with Crippen LogP contribution in [0.15, 0.2) is 35.3 Å². The van der Waals surface area contributed by atoms with Gasteiger partial charge in [0.2, 0.25) is 0 Å². The monoisotopic (exact) mass is 359 g/mol. The second-order valence-electron chi connectivity index (χ2n) is 7.89. The summed E-state index contributed by atoms with van der Waals surface area (Å²) in [6.45, 7) is 12.8. The predicted octanol–water partition coefficient (Wildman–Crippen LogP) is 2.57. The second-order valence-corrected chi connectivity index (χ2v) is 7.89. The number of likely N-dealkylation sites (tertiary alicyclic amines) is 1. The lowest BCUT2D eigenvalue weighted by Gasteiger charge is -2.25. The van der Waals surface area contributed by atoms with Crippen LogP contribution in [-0.2, 0) is 0 Å². The molecule has 0 aromatic heterocycles. The molecule has 2 N–H and O–H groups in total. The fourth-order valence-electron chi connectivity index (χ4n) is 3.53. The zero-order valence-electron chi connectivity index (χ0n) is 17.4. The number of benzene rings is 1. The zero-order chi connectivity index (χ0) is 19.1. The molecule has 1 aliphatic rings. The van der Waals surface area contributed by atoms with E-state index < -0.39 is 0 Å². The Kier molecular flexibility index (Phi) is 7.91. The molecule has 1 fully saturated rings. The molecule has 1 saturated heterocycles. The van der Waals surface area contributed by atoms with Gasteiger partial charge < -0.3 is 15.5 Å². The maximum Gasteiger partial charge on any atom is 0.191 e. The molecule has 5 nitrogen and oxygen atoms in total. The number of likely N-dealkylation sites (N-methyl/N-ethyl adjacent to an activating group) is 1. The molecule has 0 saturated carbocycles. The maximum atomic E-state index is 4.91. The number of nitrogens with zero attached hydrogens (tertiary/aromatic N) is 3. The van der Waals surface area contributed by atoms with Crippen molar-refractivity contribution in [1.82, 2.24) is 20.4 Å². The molecule has 5 heteroatoms. The van der Waals surface area contributed by atoms with Gasteiger partial charge in [0.05, 0.1) is 12.6 Å². The molecule has 146 valence electrons. The van der Waals surface area contributed by atoms with Crippen LogP contribution in [0.5, 0.6) is 0 Å². The Labute approximate surface area is 159 Å². The molecule has 0 radical (unpaired) electrons. The van der Waals surface area contributed by atoms with Gasteiger partial charge in [0.1, 0.15) is 0 Å². The highest BCUT2D eigenvalue weighted by atomic mass is 15.3. The van der Waals surface area contributed by atoms with E-state index in [-0.39, 0.29) is 6.04 Å². The Hall–Kier alpha value is -1.59. The normalized spacial score (nSPS) is 22.8. The van der Waals surface area contributed by atoms with Gasteiger partial charge in [-0.15, -0.1) is 0 Å². The van der Waals surface area contributed by atoms with E-state index in [2.05, 4.69) is 92.6 Å². The summed E-state index contributed by atoms with van der Waals surface area (Å²) in [5, 5.41) is 7.10. The van der Waals surface area contributed by atoms with Gasteiger partial charge in [0.25, 0.3) is 0 Å². The Balaban J connectivity index is 2.05. The van der Waals surface area contributed by atoms with Crippen molar-refractivity contribution in [3.63, 3.8) is 0 Å². The van der Waals surface area contributed by atoms with Crippen LogP contribution in [0.2, 0.25) is 0 Å². The average molecular weight is 360 g/mol. The first-order valence-electron chi connectivity index (χ1n) is 9.92. The Morgan fingerprint density at radius 2 is 1.92 bits per heavy atom. The quantitative estimate of drug-likeness (QED) is 0.580. The summed E-state index contributed by atoms with van der Waals surface area (Å²) in [4.78, 5) is 9.69. The summed E-state index contributed by atoms with van der Waals surface area (Å²) in [5.41, 5.74) is 1.30. The van der Waals surface area contributed by atoms with Crippen LogP contribution < -0.4 is 10.6 Å². The third-order valence-corrected chi connectivity index (χ3v) is 5.27. The second kappa shape index (κ2) is 9.93. The fraction of sp³-hybridized carbons (Fsp3) is 0.667. The van der Waals surface area contributed by atoms with E-state index in [1.54, 1.807) is 0 Å². The molecular weight excluding hydrogens is 322 g/mol. The lowest BCUT2D eigenvalue weighted by Crippen LogP contribution is -2.47. The van der Waals surface area contributed by atoms with Crippen molar-refractivity contribution >= 4 is 5.96 Å². The van der Waals surface area contributed by atoms with Crippen molar-refractivity contribution in [1.29, 1.82) is 0 Å². The van der Waals surface area contributed by atoms with Crippen LogP contribution in [-0.4, -0.2) is 68.1 Å². The molecular formula is C21H37N5. The first kappa shape index (κ1) is 20.7. The number of rotatable bonds is 7. The van der Waals surface area contributed by atoms with Gasteiger partial charge in [-0.05, 0) is 46.3 Å². The summed E-state index contributed by atoms with van der Waals surface area (Å²) in [5.74, 6) is 1.55. The van der Waals surface area contributed by atoms with Crippen molar-refractivity contribution < 1.29 is 0 Å². The highest BCUT2D eigenvalue weighted by Crippen LogP contribution is 2.20. The number of guanidine groups is 1. The summed E-state index contributed by atoms with van der Waals surface area (Å²) in [6, 6.07) is 11.9. The highest BCUT2D eigenvalue weighted by molar-refractivity contribution is 5.80. The molecule has 3 atom stereocenters.